The zero-order chi connectivity index (χ0) is 18.4. The minimum absolute atomic E-state index is 0.0106. The van der Waals surface area contributed by atoms with E-state index in [0.29, 0.717) is 18.0 Å². The number of hydrogen-bond acceptors (Lipinski definition) is 4. The van der Waals surface area contributed by atoms with Crippen molar-refractivity contribution in [2.24, 2.45) is 5.92 Å². The van der Waals surface area contributed by atoms with Crippen molar-refractivity contribution in [3.63, 3.8) is 0 Å². The maximum atomic E-state index is 13.6. The summed E-state index contributed by atoms with van der Waals surface area (Å²) in [7, 11) is 0. The van der Waals surface area contributed by atoms with Crippen LogP contribution in [0.5, 0.6) is 11.5 Å². The first kappa shape index (κ1) is 18.4. The second-order valence-electron chi connectivity index (χ2n) is 6.39. The number of amides is 1. The molecule has 1 saturated heterocycles. The Morgan fingerprint density at radius 1 is 1.15 bits per heavy atom. The first-order chi connectivity index (χ1) is 12.7. The smallest absolute Gasteiger partial charge is 0.227 e. The Bertz CT molecular complexity index is 728. The third-order valence-corrected chi connectivity index (χ3v) is 4.56. The number of ether oxygens (including phenoxy) is 1. The molecule has 0 bridgehead atoms. The van der Waals surface area contributed by atoms with Gasteiger partial charge in [0.05, 0.1) is 6.61 Å². The molecule has 0 unspecified atom stereocenters. The van der Waals surface area contributed by atoms with E-state index in [-0.39, 0.29) is 24.2 Å². The van der Waals surface area contributed by atoms with Crippen LogP contribution in [0.15, 0.2) is 48.5 Å². The highest BCUT2D eigenvalue weighted by Gasteiger charge is 2.24. The van der Waals surface area contributed by atoms with E-state index in [1.807, 2.05) is 0 Å². The van der Waals surface area contributed by atoms with Gasteiger partial charge in [-0.2, -0.15) is 0 Å². The van der Waals surface area contributed by atoms with Crippen molar-refractivity contribution in [1.82, 2.24) is 4.90 Å². The van der Waals surface area contributed by atoms with Crippen molar-refractivity contribution >= 4 is 11.6 Å². The normalized spacial score (nSPS) is 15.6. The molecule has 2 aromatic rings. The lowest BCUT2D eigenvalue weighted by atomic mass is 9.96. The van der Waals surface area contributed by atoms with E-state index in [2.05, 4.69) is 10.2 Å². The van der Waals surface area contributed by atoms with Gasteiger partial charge in [-0.1, -0.05) is 12.1 Å². The number of aliphatic hydroxyl groups excluding tert-OH is 1. The Labute approximate surface area is 152 Å². The van der Waals surface area contributed by atoms with Crippen molar-refractivity contribution in [2.75, 3.05) is 31.6 Å². The summed E-state index contributed by atoms with van der Waals surface area (Å²) in [6.07, 6.45) is 1.58. The van der Waals surface area contributed by atoms with Crippen LogP contribution in [-0.2, 0) is 4.79 Å². The average molecular weight is 358 g/mol. The Balaban J connectivity index is 1.53. The lowest BCUT2D eigenvalue weighted by Crippen LogP contribution is -2.39. The number of likely N-dealkylation sites (tertiary alicyclic amines) is 1. The molecule has 6 heteroatoms. The lowest BCUT2D eigenvalue weighted by Gasteiger charge is -2.30. The monoisotopic (exact) mass is 358 g/mol. The molecule has 3 rings (SSSR count). The molecule has 2 aromatic carbocycles. The third-order valence-electron chi connectivity index (χ3n) is 4.56. The largest absolute Gasteiger partial charge is 0.454 e. The number of hydrogen-bond donors (Lipinski definition) is 2. The number of halogens is 1. The minimum Gasteiger partial charge on any atom is -0.454 e. The fourth-order valence-corrected chi connectivity index (χ4v) is 3.07. The van der Waals surface area contributed by atoms with E-state index in [4.69, 9.17) is 9.84 Å². The molecular formula is C20H23FN2O3. The van der Waals surface area contributed by atoms with Crippen molar-refractivity contribution in [3.05, 3.63) is 54.3 Å². The minimum atomic E-state index is -0.419. The first-order valence-electron chi connectivity index (χ1n) is 8.82. The van der Waals surface area contributed by atoms with Crippen LogP contribution in [0.4, 0.5) is 10.1 Å². The Kier molecular flexibility index (Phi) is 6.20. The molecule has 1 amide bonds. The highest BCUT2D eigenvalue weighted by Crippen LogP contribution is 2.26. The third kappa shape index (κ3) is 4.80. The topological polar surface area (TPSA) is 61.8 Å². The van der Waals surface area contributed by atoms with Crippen LogP contribution in [0.25, 0.3) is 0 Å². The van der Waals surface area contributed by atoms with E-state index in [1.165, 1.54) is 6.07 Å². The predicted molar refractivity (Wildman–Crippen MR) is 97.8 cm³/mol. The predicted octanol–water partition coefficient (Wildman–Crippen LogP) is 3.26. The maximum absolute atomic E-state index is 13.6. The Morgan fingerprint density at radius 2 is 1.85 bits per heavy atom. The van der Waals surface area contributed by atoms with Gasteiger partial charge >= 0.3 is 0 Å². The molecule has 5 nitrogen and oxygen atoms in total. The summed E-state index contributed by atoms with van der Waals surface area (Å²) in [5, 5.41) is 11.9. The molecule has 0 atom stereocenters. The molecule has 0 saturated carbocycles. The zero-order valence-corrected chi connectivity index (χ0v) is 14.5. The Morgan fingerprint density at radius 3 is 2.50 bits per heavy atom. The van der Waals surface area contributed by atoms with Gasteiger partial charge in [0.1, 0.15) is 5.75 Å². The summed E-state index contributed by atoms with van der Waals surface area (Å²) in [6, 6.07) is 13.1. The van der Waals surface area contributed by atoms with Crippen LogP contribution in [0.2, 0.25) is 0 Å². The fourth-order valence-electron chi connectivity index (χ4n) is 3.07. The van der Waals surface area contributed by atoms with Gasteiger partial charge in [-0.25, -0.2) is 4.39 Å². The van der Waals surface area contributed by atoms with Gasteiger partial charge in [-0.15, -0.1) is 0 Å². The maximum Gasteiger partial charge on any atom is 0.227 e. The number of piperidine rings is 1. The van der Waals surface area contributed by atoms with Crippen molar-refractivity contribution in [1.29, 1.82) is 0 Å². The van der Waals surface area contributed by atoms with Crippen LogP contribution < -0.4 is 10.1 Å². The number of carbonyl (C=O) groups is 1. The number of benzene rings is 2. The van der Waals surface area contributed by atoms with Crippen LogP contribution in [0.3, 0.4) is 0 Å². The molecule has 138 valence electrons. The number of aliphatic hydroxyl groups is 1. The first-order valence-corrected chi connectivity index (χ1v) is 8.82. The van der Waals surface area contributed by atoms with Gasteiger partial charge in [-0.05, 0) is 62.3 Å². The van der Waals surface area contributed by atoms with Gasteiger partial charge in [0.25, 0.3) is 0 Å². The summed E-state index contributed by atoms with van der Waals surface area (Å²) in [6.45, 7) is 2.47. The summed E-state index contributed by atoms with van der Waals surface area (Å²) < 4.78 is 19.1. The molecule has 1 aliphatic heterocycles. The fraction of sp³-hybridized carbons (Fsp3) is 0.350. The van der Waals surface area contributed by atoms with Crippen LogP contribution >= 0.6 is 0 Å². The number of nitrogens with one attached hydrogen (secondary N) is 1. The second kappa shape index (κ2) is 8.78. The van der Waals surface area contributed by atoms with Crippen molar-refractivity contribution in [2.45, 2.75) is 12.8 Å². The van der Waals surface area contributed by atoms with Gasteiger partial charge in [0, 0.05) is 18.2 Å². The van der Waals surface area contributed by atoms with Crippen LogP contribution in [0, 0.1) is 11.7 Å². The molecule has 0 aliphatic carbocycles. The van der Waals surface area contributed by atoms with Crippen LogP contribution in [-0.4, -0.2) is 42.2 Å². The van der Waals surface area contributed by atoms with E-state index in [1.54, 1.807) is 42.5 Å². The number of para-hydroxylation sites is 1. The number of carbonyl (C=O) groups excluding carboxylic acids is 1. The summed E-state index contributed by atoms with van der Waals surface area (Å²) in [4.78, 5) is 14.6. The Hall–Kier alpha value is -2.44. The zero-order valence-electron chi connectivity index (χ0n) is 14.5. The molecule has 1 heterocycles. The summed E-state index contributed by atoms with van der Waals surface area (Å²) in [5.74, 6) is 0.248. The van der Waals surface area contributed by atoms with Crippen molar-refractivity contribution in [3.8, 4) is 11.5 Å². The molecule has 26 heavy (non-hydrogen) atoms. The van der Waals surface area contributed by atoms with E-state index in [9.17, 15) is 9.18 Å². The molecule has 0 radical (unpaired) electrons. The molecule has 2 N–H and O–H groups in total. The van der Waals surface area contributed by atoms with E-state index >= 15 is 0 Å². The lowest BCUT2D eigenvalue weighted by molar-refractivity contribution is -0.121. The molecule has 0 spiro atoms. The highest BCUT2D eigenvalue weighted by atomic mass is 19.1. The highest BCUT2D eigenvalue weighted by molar-refractivity contribution is 5.92. The van der Waals surface area contributed by atoms with Gasteiger partial charge < -0.3 is 20.1 Å². The summed E-state index contributed by atoms with van der Waals surface area (Å²) >= 11 is 0. The van der Waals surface area contributed by atoms with Gasteiger partial charge in [-0.3, -0.25) is 4.79 Å². The number of nitrogens with zero attached hydrogens (tertiary/aromatic N) is 1. The molecule has 0 aromatic heterocycles. The molecule has 1 aliphatic rings. The van der Waals surface area contributed by atoms with Gasteiger partial charge in [0.2, 0.25) is 5.91 Å². The van der Waals surface area contributed by atoms with Gasteiger partial charge in [0.15, 0.2) is 11.6 Å². The summed E-state index contributed by atoms with van der Waals surface area (Å²) in [5.41, 5.74) is 0.689. The van der Waals surface area contributed by atoms with Crippen molar-refractivity contribution < 1.29 is 19.0 Å². The van der Waals surface area contributed by atoms with E-state index in [0.717, 1.165) is 25.9 Å². The van der Waals surface area contributed by atoms with E-state index < -0.39 is 5.82 Å². The SMILES string of the molecule is O=C(Nc1ccc(Oc2ccccc2F)cc1)C1CCN(CCO)CC1. The molecular weight excluding hydrogens is 335 g/mol. The quantitative estimate of drug-likeness (QED) is 0.832. The standard InChI is InChI=1S/C20H23FN2O3/c21-18-3-1-2-4-19(18)26-17-7-5-16(6-8-17)22-20(25)15-9-11-23(12-10-15)13-14-24/h1-8,15,24H,9-14H2,(H,22,25). The van der Waals surface area contributed by atoms with Crippen LogP contribution in [0.1, 0.15) is 12.8 Å². The average Bonchev–Trinajstić information content (AvgIpc) is 2.66. The molecule has 1 fully saturated rings. The number of anilines is 1. The second-order valence-corrected chi connectivity index (χ2v) is 6.39. The number of β-amino-alcohol motifs (C(OH)–C–C–N with tert-alkyl or cyclic N) is 1. The number of rotatable bonds is 6.